The average Bonchev–Trinajstić information content (AvgIpc) is 2.47. The van der Waals surface area contributed by atoms with Crippen molar-refractivity contribution in [1.29, 1.82) is 0 Å². The van der Waals surface area contributed by atoms with Crippen molar-refractivity contribution in [2.75, 3.05) is 33.6 Å². The summed E-state index contributed by atoms with van der Waals surface area (Å²) < 4.78 is 11.0. The minimum atomic E-state index is 0.382. The topological polar surface area (TPSA) is 33.7 Å². The number of anilines is 1. The summed E-state index contributed by atoms with van der Waals surface area (Å²) in [6.45, 7) is 0.935. The maximum absolute atomic E-state index is 5.51. The van der Waals surface area contributed by atoms with E-state index in [2.05, 4.69) is 42.5 Å². The van der Waals surface area contributed by atoms with Gasteiger partial charge in [-0.1, -0.05) is 6.07 Å². The Kier molecular flexibility index (Phi) is 5.88. The predicted octanol–water partition coefficient (Wildman–Crippen LogP) is 3.13. The average molecular weight is 292 g/mol. The van der Waals surface area contributed by atoms with Gasteiger partial charge in [-0.25, -0.2) is 0 Å². The molecular formula is C17H28N2O2. The van der Waals surface area contributed by atoms with Gasteiger partial charge in [-0.15, -0.1) is 0 Å². The summed E-state index contributed by atoms with van der Waals surface area (Å²) in [6.07, 6.45) is 5.04. The molecule has 0 amide bonds. The molecule has 1 fully saturated rings. The van der Waals surface area contributed by atoms with Gasteiger partial charge in [0, 0.05) is 19.7 Å². The first-order chi connectivity index (χ1) is 10.1. The highest BCUT2D eigenvalue weighted by Crippen LogP contribution is 2.30. The summed E-state index contributed by atoms with van der Waals surface area (Å²) in [7, 11) is 7.71. The van der Waals surface area contributed by atoms with Crippen LogP contribution in [0.1, 0.15) is 31.2 Å². The van der Waals surface area contributed by atoms with E-state index in [9.17, 15) is 0 Å². The van der Waals surface area contributed by atoms with Crippen molar-refractivity contribution in [2.24, 2.45) is 0 Å². The second-order valence-corrected chi connectivity index (χ2v) is 6.14. The summed E-state index contributed by atoms with van der Waals surface area (Å²) >= 11 is 0. The molecule has 0 spiro atoms. The number of nitrogens with one attached hydrogen (secondary N) is 1. The minimum Gasteiger partial charge on any atom is -0.495 e. The first-order valence-electron chi connectivity index (χ1n) is 7.73. The Balaban J connectivity index is 2.09. The number of hydrogen-bond donors (Lipinski definition) is 1. The fourth-order valence-corrected chi connectivity index (χ4v) is 3.04. The lowest BCUT2D eigenvalue weighted by Crippen LogP contribution is -2.31. The van der Waals surface area contributed by atoms with Crippen molar-refractivity contribution in [2.45, 2.75) is 44.4 Å². The van der Waals surface area contributed by atoms with E-state index in [1.165, 1.54) is 24.8 Å². The van der Waals surface area contributed by atoms with Crippen LogP contribution in [0.4, 0.5) is 5.69 Å². The zero-order valence-corrected chi connectivity index (χ0v) is 13.7. The zero-order chi connectivity index (χ0) is 15.2. The van der Waals surface area contributed by atoms with Gasteiger partial charge >= 0.3 is 0 Å². The maximum atomic E-state index is 5.51. The van der Waals surface area contributed by atoms with Crippen LogP contribution in [0, 0.1) is 0 Å². The lowest BCUT2D eigenvalue weighted by atomic mass is 9.92. The predicted molar refractivity (Wildman–Crippen MR) is 87.1 cm³/mol. The van der Waals surface area contributed by atoms with E-state index in [1.807, 2.05) is 7.11 Å². The molecule has 0 saturated heterocycles. The normalized spacial score (nSPS) is 22.3. The molecule has 118 valence electrons. The third-order valence-electron chi connectivity index (χ3n) is 4.08. The van der Waals surface area contributed by atoms with Crippen LogP contribution >= 0.6 is 0 Å². The number of nitrogens with zero attached hydrogens (tertiary/aromatic N) is 1. The van der Waals surface area contributed by atoms with Crippen LogP contribution in [0.25, 0.3) is 0 Å². The van der Waals surface area contributed by atoms with E-state index in [-0.39, 0.29) is 0 Å². The Morgan fingerprint density at radius 1 is 1.24 bits per heavy atom. The summed E-state index contributed by atoms with van der Waals surface area (Å²) in [5, 5.41) is 3.65. The molecule has 4 nitrogen and oxygen atoms in total. The van der Waals surface area contributed by atoms with Gasteiger partial charge in [-0.05, 0) is 57.5 Å². The Labute approximate surface area is 128 Å². The highest BCUT2D eigenvalue weighted by Gasteiger charge is 2.22. The fourth-order valence-electron chi connectivity index (χ4n) is 3.04. The van der Waals surface area contributed by atoms with Gasteiger partial charge in [0.05, 0.1) is 18.9 Å². The smallest absolute Gasteiger partial charge is 0.141 e. The van der Waals surface area contributed by atoms with Gasteiger partial charge in [0.2, 0.25) is 0 Å². The van der Waals surface area contributed by atoms with E-state index in [0.717, 1.165) is 24.4 Å². The van der Waals surface area contributed by atoms with Crippen LogP contribution in [0.5, 0.6) is 5.75 Å². The highest BCUT2D eigenvalue weighted by atomic mass is 16.5. The number of benzene rings is 1. The van der Waals surface area contributed by atoms with Gasteiger partial charge in [0.15, 0.2) is 0 Å². The second-order valence-electron chi connectivity index (χ2n) is 6.14. The molecule has 4 heteroatoms. The third-order valence-corrected chi connectivity index (χ3v) is 4.08. The molecule has 1 aromatic rings. The lowest BCUT2D eigenvalue weighted by molar-refractivity contribution is 0.0669. The van der Waals surface area contributed by atoms with Crippen LogP contribution in [-0.2, 0) is 11.3 Å². The zero-order valence-electron chi connectivity index (χ0n) is 13.7. The second kappa shape index (κ2) is 7.66. The van der Waals surface area contributed by atoms with E-state index in [0.29, 0.717) is 12.1 Å². The van der Waals surface area contributed by atoms with Crippen LogP contribution in [0.15, 0.2) is 18.2 Å². The summed E-state index contributed by atoms with van der Waals surface area (Å²) in [5.74, 6) is 0.914. The van der Waals surface area contributed by atoms with Crippen molar-refractivity contribution in [3.8, 4) is 5.75 Å². The molecule has 1 N–H and O–H groups in total. The monoisotopic (exact) mass is 292 g/mol. The fraction of sp³-hybridized carbons (Fsp3) is 0.647. The molecule has 0 aliphatic heterocycles. The SMILES string of the molecule is COc1ccc(CN(C)C)cc1NC1CCCC(OC)C1. The molecule has 2 atom stereocenters. The van der Waals surface area contributed by atoms with Gasteiger partial charge in [-0.3, -0.25) is 0 Å². The van der Waals surface area contributed by atoms with Crippen molar-refractivity contribution < 1.29 is 9.47 Å². The highest BCUT2D eigenvalue weighted by molar-refractivity contribution is 5.58. The van der Waals surface area contributed by atoms with E-state index < -0.39 is 0 Å². The van der Waals surface area contributed by atoms with Crippen molar-refractivity contribution in [3.63, 3.8) is 0 Å². The quantitative estimate of drug-likeness (QED) is 0.873. The lowest BCUT2D eigenvalue weighted by Gasteiger charge is -2.30. The van der Waals surface area contributed by atoms with Crippen LogP contribution in [0.2, 0.25) is 0 Å². The molecule has 0 bridgehead atoms. The number of hydrogen-bond acceptors (Lipinski definition) is 4. The first-order valence-corrected chi connectivity index (χ1v) is 7.73. The summed E-state index contributed by atoms with van der Waals surface area (Å²) in [6, 6.07) is 6.85. The molecular weight excluding hydrogens is 264 g/mol. The molecule has 1 saturated carbocycles. The van der Waals surface area contributed by atoms with Crippen molar-refractivity contribution in [1.82, 2.24) is 4.90 Å². The Hall–Kier alpha value is -1.26. The van der Waals surface area contributed by atoms with E-state index >= 15 is 0 Å². The molecule has 1 aromatic carbocycles. The van der Waals surface area contributed by atoms with Gasteiger partial charge < -0.3 is 19.7 Å². The van der Waals surface area contributed by atoms with Crippen LogP contribution in [-0.4, -0.2) is 45.4 Å². The molecule has 21 heavy (non-hydrogen) atoms. The minimum absolute atomic E-state index is 0.382. The molecule has 1 aliphatic carbocycles. The molecule has 0 radical (unpaired) electrons. The van der Waals surface area contributed by atoms with Gasteiger partial charge in [0.25, 0.3) is 0 Å². The number of methoxy groups -OCH3 is 2. The Morgan fingerprint density at radius 3 is 2.71 bits per heavy atom. The first kappa shape index (κ1) is 16.1. The third kappa shape index (κ3) is 4.61. The summed E-state index contributed by atoms with van der Waals surface area (Å²) in [5.41, 5.74) is 2.39. The Morgan fingerprint density at radius 2 is 2.05 bits per heavy atom. The molecule has 2 rings (SSSR count). The van der Waals surface area contributed by atoms with Gasteiger partial charge in [0.1, 0.15) is 5.75 Å². The Bertz CT molecular complexity index is 448. The molecule has 2 unspecified atom stereocenters. The molecule has 0 heterocycles. The van der Waals surface area contributed by atoms with Crippen molar-refractivity contribution >= 4 is 5.69 Å². The largest absolute Gasteiger partial charge is 0.495 e. The van der Waals surface area contributed by atoms with Crippen molar-refractivity contribution in [3.05, 3.63) is 23.8 Å². The molecule has 1 aliphatic rings. The standard InChI is InChI=1S/C17H28N2O2/c1-19(2)12-13-8-9-17(21-4)16(10-13)18-14-6-5-7-15(11-14)20-3/h8-10,14-15,18H,5-7,11-12H2,1-4H3. The van der Waals surface area contributed by atoms with E-state index in [1.54, 1.807) is 7.11 Å². The summed E-state index contributed by atoms with van der Waals surface area (Å²) in [4.78, 5) is 2.17. The van der Waals surface area contributed by atoms with Gasteiger partial charge in [-0.2, -0.15) is 0 Å². The number of ether oxygens (including phenoxy) is 2. The number of rotatable bonds is 6. The van der Waals surface area contributed by atoms with E-state index in [4.69, 9.17) is 9.47 Å². The van der Waals surface area contributed by atoms with Crippen LogP contribution in [0.3, 0.4) is 0 Å². The molecule has 0 aromatic heterocycles. The maximum Gasteiger partial charge on any atom is 0.141 e. The van der Waals surface area contributed by atoms with Crippen LogP contribution < -0.4 is 10.1 Å².